The van der Waals surface area contributed by atoms with Gasteiger partial charge < -0.3 is 35.3 Å². The Bertz CT molecular complexity index is 1890. The summed E-state index contributed by atoms with van der Waals surface area (Å²) in [5.74, 6) is -0.869. The first kappa shape index (κ1) is 31.5. The van der Waals surface area contributed by atoms with Crippen molar-refractivity contribution in [2.75, 3.05) is 64.6 Å². The molecule has 3 aromatic heterocycles. The summed E-state index contributed by atoms with van der Waals surface area (Å²) in [6, 6.07) is 6.13. The van der Waals surface area contributed by atoms with E-state index in [-0.39, 0.29) is 50.9 Å². The summed E-state index contributed by atoms with van der Waals surface area (Å²) in [5.41, 5.74) is 13.3. The van der Waals surface area contributed by atoms with E-state index in [0.29, 0.717) is 47.5 Å². The number of hydrogen-bond acceptors (Lipinski definition) is 11. The molecule has 2 aromatic carbocycles. The van der Waals surface area contributed by atoms with Gasteiger partial charge in [-0.1, -0.05) is 11.3 Å². The maximum Gasteiger partial charge on any atom is 0.318 e. The van der Waals surface area contributed by atoms with Crippen molar-refractivity contribution < 1.29 is 27.1 Å². The van der Waals surface area contributed by atoms with E-state index < -0.39 is 17.8 Å². The Kier molecular flexibility index (Phi) is 8.72. The van der Waals surface area contributed by atoms with Crippen LogP contribution in [0.3, 0.4) is 0 Å². The lowest BCUT2D eigenvalue weighted by molar-refractivity contribution is -0.133. The van der Waals surface area contributed by atoms with Crippen LogP contribution in [-0.4, -0.2) is 96.8 Å². The lowest BCUT2D eigenvalue weighted by atomic mass is 9.92. The third-order valence-corrected chi connectivity index (χ3v) is 9.18. The quantitative estimate of drug-likeness (QED) is 0.272. The molecule has 1 unspecified atom stereocenters. The second-order valence-corrected chi connectivity index (χ2v) is 12.3. The fourth-order valence-corrected chi connectivity index (χ4v) is 6.50. The van der Waals surface area contributed by atoms with Crippen molar-refractivity contribution in [3.8, 4) is 28.3 Å². The number of thiazole rings is 1. The maximum atomic E-state index is 16.7. The summed E-state index contributed by atoms with van der Waals surface area (Å²) in [6.45, 7) is 2.41. The maximum absolute atomic E-state index is 16.7. The number of likely N-dealkylation sites (N-methyl/N-ethyl adjacent to an activating group) is 1. The van der Waals surface area contributed by atoms with Gasteiger partial charge in [-0.05, 0) is 43.3 Å². The highest BCUT2D eigenvalue weighted by Gasteiger charge is 2.35. The van der Waals surface area contributed by atoms with Gasteiger partial charge in [0.1, 0.15) is 23.3 Å². The molecule has 0 radical (unpaired) electrons. The summed E-state index contributed by atoms with van der Waals surface area (Å²) in [5, 5.41) is 0.591. The van der Waals surface area contributed by atoms with Crippen molar-refractivity contribution in [1.29, 1.82) is 0 Å². The Morgan fingerprint density at radius 1 is 1.15 bits per heavy atom. The van der Waals surface area contributed by atoms with Crippen LogP contribution in [0.2, 0.25) is 0 Å². The van der Waals surface area contributed by atoms with Gasteiger partial charge in [0.25, 0.3) is 0 Å². The molecule has 46 heavy (non-hydrogen) atoms. The minimum Gasteiger partial charge on any atom is -0.472 e. The van der Waals surface area contributed by atoms with Crippen LogP contribution in [0.5, 0.6) is 6.01 Å². The standard InChI is InChI=1S/C26H23F2N7O3S.C5H10FN/c1-34(13-9-35(10-13)18(36)8-29)24-16-7-15(12-5-6-38-11-12)19(20(28)21(16)32-26(33-24)37-2)14-3-4-17(27)23-22(14)31-25(30)39-23;1-7-3-2-5(6)4-7/h3-7,11,13H,8-10,29H2,1-2H3,(H2,30,31);5H,2-4H2,1H3. The highest BCUT2D eigenvalue weighted by atomic mass is 32.1. The van der Waals surface area contributed by atoms with E-state index >= 15 is 4.39 Å². The number of anilines is 2. The molecular formula is C31H33F3N8O3S. The predicted molar refractivity (Wildman–Crippen MR) is 172 cm³/mol. The molecular weight excluding hydrogens is 621 g/mol. The van der Waals surface area contributed by atoms with E-state index in [9.17, 15) is 13.6 Å². The Morgan fingerprint density at radius 2 is 1.93 bits per heavy atom. The molecule has 2 aliphatic heterocycles. The zero-order valence-corrected chi connectivity index (χ0v) is 26.3. The molecule has 2 saturated heterocycles. The second-order valence-electron chi connectivity index (χ2n) is 11.3. The molecule has 15 heteroatoms. The number of nitrogens with zero attached hydrogens (tertiary/aromatic N) is 6. The summed E-state index contributed by atoms with van der Waals surface area (Å²) in [4.78, 5) is 30.7. The smallest absolute Gasteiger partial charge is 0.318 e. The molecule has 1 amide bonds. The number of ether oxygens (including phenoxy) is 1. The largest absolute Gasteiger partial charge is 0.472 e. The number of aromatic nitrogens is 3. The van der Waals surface area contributed by atoms with Crippen molar-refractivity contribution in [3.63, 3.8) is 0 Å². The number of amides is 1. The molecule has 5 heterocycles. The molecule has 0 bridgehead atoms. The molecule has 242 valence electrons. The summed E-state index contributed by atoms with van der Waals surface area (Å²) in [7, 11) is 5.16. The molecule has 4 N–H and O–H groups in total. The van der Waals surface area contributed by atoms with Crippen LogP contribution in [0.4, 0.5) is 24.1 Å². The predicted octanol–water partition coefficient (Wildman–Crippen LogP) is 4.30. The number of nitrogens with two attached hydrogens (primary N) is 2. The molecule has 0 spiro atoms. The van der Waals surface area contributed by atoms with Gasteiger partial charge in [0, 0.05) is 55.3 Å². The third kappa shape index (κ3) is 5.81. The Balaban J connectivity index is 0.000000471. The van der Waals surface area contributed by atoms with Gasteiger partial charge in [-0.3, -0.25) is 4.79 Å². The van der Waals surface area contributed by atoms with Crippen molar-refractivity contribution in [1.82, 2.24) is 24.8 Å². The van der Waals surface area contributed by atoms with Crippen LogP contribution >= 0.6 is 11.3 Å². The van der Waals surface area contributed by atoms with Crippen molar-refractivity contribution in [2.24, 2.45) is 5.73 Å². The fraction of sp³-hybridized carbons (Fsp3) is 0.355. The topological polar surface area (TPSA) is 140 Å². The average Bonchev–Trinajstić information content (AvgIpc) is 3.78. The SMILES string of the molecule is CN1CCC(F)C1.COc1nc(N(C)C2CN(C(=O)CN)C2)c2cc(-c3ccoc3)c(-c3ccc(F)c4sc(N)nc34)c(F)c2n1. The van der Waals surface area contributed by atoms with Crippen LogP contribution in [0, 0.1) is 11.6 Å². The fourth-order valence-electron chi connectivity index (χ4n) is 5.74. The highest BCUT2D eigenvalue weighted by molar-refractivity contribution is 7.22. The molecule has 11 nitrogen and oxygen atoms in total. The highest BCUT2D eigenvalue weighted by Crippen LogP contribution is 2.44. The van der Waals surface area contributed by atoms with Gasteiger partial charge in [-0.2, -0.15) is 9.97 Å². The van der Waals surface area contributed by atoms with Crippen LogP contribution in [0.1, 0.15) is 6.42 Å². The van der Waals surface area contributed by atoms with E-state index in [1.165, 1.54) is 31.8 Å². The van der Waals surface area contributed by atoms with Crippen molar-refractivity contribution in [2.45, 2.75) is 18.6 Å². The van der Waals surface area contributed by atoms with Crippen LogP contribution in [0.25, 0.3) is 43.4 Å². The Labute approximate surface area is 266 Å². The number of nitrogen functional groups attached to an aromatic ring is 1. The van der Waals surface area contributed by atoms with E-state index in [4.69, 9.17) is 20.6 Å². The number of likely N-dealkylation sites (tertiary alicyclic amines) is 2. The van der Waals surface area contributed by atoms with E-state index in [1.54, 1.807) is 17.0 Å². The number of benzene rings is 2. The monoisotopic (exact) mass is 654 g/mol. The molecule has 0 aliphatic carbocycles. The Morgan fingerprint density at radius 3 is 2.54 bits per heavy atom. The van der Waals surface area contributed by atoms with Gasteiger partial charge in [-0.15, -0.1) is 0 Å². The zero-order chi connectivity index (χ0) is 32.7. The normalized spacial score (nSPS) is 16.8. The molecule has 0 saturated carbocycles. The number of carbonyl (C=O) groups is 1. The van der Waals surface area contributed by atoms with Gasteiger partial charge >= 0.3 is 6.01 Å². The van der Waals surface area contributed by atoms with Gasteiger partial charge in [0.05, 0.1) is 42.4 Å². The molecule has 1 atom stereocenters. The zero-order valence-electron chi connectivity index (χ0n) is 25.5. The number of furan rings is 1. The van der Waals surface area contributed by atoms with Gasteiger partial charge in [0.15, 0.2) is 10.9 Å². The third-order valence-electron chi connectivity index (χ3n) is 8.29. The number of fused-ring (bicyclic) bond motifs is 2. The molecule has 5 aromatic rings. The summed E-state index contributed by atoms with van der Waals surface area (Å²) < 4.78 is 54.3. The lowest BCUT2D eigenvalue weighted by Gasteiger charge is -2.44. The first-order chi connectivity index (χ1) is 22.1. The van der Waals surface area contributed by atoms with E-state index in [1.807, 2.05) is 23.9 Å². The first-order valence-corrected chi connectivity index (χ1v) is 15.4. The van der Waals surface area contributed by atoms with Gasteiger partial charge in [0.2, 0.25) is 5.91 Å². The molecule has 7 rings (SSSR count). The van der Waals surface area contributed by atoms with Crippen molar-refractivity contribution in [3.05, 3.63) is 48.4 Å². The first-order valence-electron chi connectivity index (χ1n) is 14.6. The van der Waals surface area contributed by atoms with Crippen LogP contribution < -0.4 is 21.1 Å². The molecule has 2 aliphatic rings. The molecule has 2 fully saturated rings. The van der Waals surface area contributed by atoms with Crippen molar-refractivity contribution >= 4 is 49.3 Å². The number of carbonyl (C=O) groups excluding carboxylic acids is 1. The van der Waals surface area contributed by atoms with E-state index in [2.05, 4.69) is 15.0 Å². The minimum absolute atomic E-state index is 0.0147. The number of alkyl halides is 1. The number of hydrogen-bond donors (Lipinski definition) is 2. The summed E-state index contributed by atoms with van der Waals surface area (Å²) in [6.07, 6.45) is 3.16. The minimum atomic E-state index is -0.660. The second kappa shape index (κ2) is 12.7. The van der Waals surface area contributed by atoms with E-state index in [0.717, 1.165) is 24.3 Å². The Hall–Kier alpha value is -4.47. The van der Waals surface area contributed by atoms with Gasteiger partial charge in [-0.25, -0.2) is 18.2 Å². The number of rotatable bonds is 6. The lowest BCUT2D eigenvalue weighted by Crippen LogP contribution is -2.61. The number of halogens is 3. The summed E-state index contributed by atoms with van der Waals surface area (Å²) >= 11 is 0.991. The average molecular weight is 655 g/mol. The van der Waals surface area contributed by atoms with Crippen LogP contribution in [-0.2, 0) is 4.79 Å². The van der Waals surface area contributed by atoms with Crippen LogP contribution in [0.15, 0.2) is 41.2 Å². The number of methoxy groups -OCH3 is 1.